The molecule has 5 nitrogen and oxygen atoms in total. The largest absolute Gasteiger partial charge is 0.371 e. The molecule has 2 spiro atoms. The van der Waals surface area contributed by atoms with E-state index < -0.39 is 0 Å². The van der Waals surface area contributed by atoms with Crippen LogP contribution in [0.15, 0.2) is 0 Å². The minimum absolute atomic E-state index is 0.0968. The van der Waals surface area contributed by atoms with Crippen LogP contribution in [0.25, 0.3) is 0 Å². The zero-order chi connectivity index (χ0) is 19.1. The third-order valence-corrected chi connectivity index (χ3v) is 8.11. The zero-order valence-electron chi connectivity index (χ0n) is 17.2. The third kappa shape index (κ3) is 3.82. The van der Waals surface area contributed by atoms with E-state index in [2.05, 4.69) is 4.90 Å². The van der Waals surface area contributed by atoms with Crippen LogP contribution in [0.4, 0.5) is 0 Å². The van der Waals surface area contributed by atoms with E-state index >= 15 is 0 Å². The monoisotopic (exact) mass is 376 g/mol. The average molecular weight is 377 g/mol. The van der Waals surface area contributed by atoms with Gasteiger partial charge in [-0.3, -0.25) is 9.59 Å². The molecular formula is C22H36N2O3. The Morgan fingerprint density at radius 1 is 1.04 bits per heavy atom. The molecule has 0 unspecified atom stereocenters. The minimum Gasteiger partial charge on any atom is -0.371 e. The number of piperidine rings is 1. The molecule has 152 valence electrons. The quantitative estimate of drug-likeness (QED) is 0.760. The zero-order valence-corrected chi connectivity index (χ0v) is 17.2. The van der Waals surface area contributed by atoms with Gasteiger partial charge in [-0.1, -0.05) is 6.92 Å². The average Bonchev–Trinajstić information content (AvgIpc) is 2.66. The van der Waals surface area contributed by atoms with E-state index in [4.69, 9.17) is 4.74 Å². The number of carbonyl (C=O) groups is 2. The molecule has 0 atom stereocenters. The highest BCUT2D eigenvalue weighted by Gasteiger charge is 2.50. The Morgan fingerprint density at radius 3 is 2.30 bits per heavy atom. The number of amides is 1. The molecule has 2 saturated carbocycles. The van der Waals surface area contributed by atoms with E-state index in [1.807, 2.05) is 11.8 Å². The summed E-state index contributed by atoms with van der Waals surface area (Å²) in [4.78, 5) is 28.4. The molecule has 0 aromatic carbocycles. The van der Waals surface area contributed by atoms with Crippen molar-refractivity contribution in [3.8, 4) is 0 Å². The molecule has 27 heavy (non-hydrogen) atoms. The molecule has 0 radical (unpaired) electrons. The van der Waals surface area contributed by atoms with E-state index in [0.29, 0.717) is 30.1 Å². The lowest BCUT2D eigenvalue weighted by molar-refractivity contribution is -0.163. The Hall–Kier alpha value is -0.940. The molecule has 2 aliphatic heterocycles. The van der Waals surface area contributed by atoms with E-state index in [1.165, 1.54) is 25.7 Å². The SMILES string of the molecule is CCC(=O)C1CCC2(CC1)CC(N1CCC3(CC1)CN(C(C)=O)CCO3)C2. The standard InChI is InChI=1S/C22H36N2O3/c1-3-20(26)18-4-6-21(7-5-18)14-19(15-21)23-10-8-22(9-11-23)16-24(17(2)25)12-13-27-22/h18-19H,3-16H2,1-2H3. The lowest BCUT2D eigenvalue weighted by Gasteiger charge is -2.57. The Morgan fingerprint density at radius 2 is 1.70 bits per heavy atom. The van der Waals surface area contributed by atoms with Crippen LogP contribution in [-0.4, -0.2) is 65.9 Å². The molecule has 0 aromatic heterocycles. The van der Waals surface area contributed by atoms with Gasteiger partial charge >= 0.3 is 0 Å². The maximum absolute atomic E-state index is 12.0. The van der Waals surface area contributed by atoms with E-state index in [0.717, 1.165) is 57.9 Å². The van der Waals surface area contributed by atoms with Gasteiger partial charge in [0.2, 0.25) is 5.91 Å². The first kappa shape index (κ1) is 19.4. The van der Waals surface area contributed by atoms with Crippen molar-refractivity contribution in [1.82, 2.24) is 9.80 Å². The van der Waals surface area contributed by atoms with Gasteiger partial charge in [-0.05, 0) is 56.8 Å². The van der Waals surface area contributed by atoms with Crippen LogP contribution < -0.4 is 0 Å². The molecule has 0 N–H and O–H groups in total. The Labute approximate surface area is 163 Å². The van der Waals surface area contributed by atoms with Gasteiger partial charge in [0.1, 0.15) is 5.78 Å². The first-order chi connectivity index (χ1) is 12.9. The summed E-state index contributed by atoms with van der Waals surface area (Å²) < 4.78 is 6.17. The van der Waals surface area contributed by atoms with Gasteiger partial charge in [0, 0.05) is 51.5 Å². The van der Waals surface area contributed by atoms with Gasteiger partial charge in [-0.2, -0.15) is 0 Å². The van der Waals surface area contributed by atoms with Crippen LogP contribution in [0.5, 0.6) is 0 Å². The number of hydrogen-bond donors (Lipinski definition) is 0. The van der Waals surface area contributed by atoms with Crippen molar-refractivity contribution >= 4 is 11.7 Å². The van der Waals surface area contributed by atoms with E-state index in [9.17, 15) is 9.59 Å². The number of ether oxygens (including phenoxy) is 1. The lowest BCUT2D eigenvalue weighted by atomic mass is 9.56. The van der Waals surface area contributed by atoms with Gasteiger partial charge in [-0.25, -0.2) is 0 Å². The Bertz CT molecular complexity index is 566. The Balaban J connectivity index is 1.24. The van der Waals surface area contributed by atoms with Crippen molar-refractivity contribution < 1.29 is 14.3 Å². The highest BCUT2D eigenvalue weighted by Crippen LogP contribution is 2.55. The fourth-order valence-electron chi connectivity index (χ4n) is 6.16. The van der Waals surface area contributed by atoms with Crippen LogP contribution in [0.2, 0.25) is 0 Å². The van der Waals surface area contributed by atoms with Gasteiger partial charge in [0.25, 0.3) is 0 Å². The number of ketones is 1. The third-order valence-electron chi connectivity index (χ3n) is 8.11. The summed E-state index contributed by atoms with van der Waals surface area (Å²) in [5.74, 6) is 1.01. The number of hydrogen-bond acceptors (Lipinski definition) is 4. The lowest BCUT2D eigenvalue weighted by Crippen LogP contribution is -2.61. The summed E-state index contributed by atoms with van der Waals surface area (Å²) in [5.41, 5.74) is 0.442. The molecule has 0 bridgehead atoms. The van der Waals surface area contributed by atoms with Crippen LogP contribution in [0.1, 0.15) is 71.6 Å². The normalized spacial score (nSPS) is 36.6. The van der Waals surface area contributed by atoms with E-state index in [-0.39, 0.29) is 11.5 Å². The van der Waals surface area contributed by atoms with Crippen LogP contribution in [-0.2, 0) is 14.3 Å². The van der Waals surface area contributed by atoms with Crippen molar-refractivity contribution in [3.05, 3.63) is 0 Å². The molecule has 2 heterocycles. The summed E-state index contributed by atoms with van der Waals surface area (Å²) in [6.07, 6.45) is 10.2. The number of nitrogens with zero attached hydrogens (tertiary/aromatic N) is 2. The highest BCUT2D eigenvalue weighted by atomic mass is 16.5. The van der Waals surface area contributed by atoms with Crippen molar-refractivity contribution in [2.45, 2.75) is 83.3 Å². The fourth-order valence-corrected chi connectivity index (χ4v) is 6.16. The number of likely N-dealkylation sites (tertiary alicyclic amines) is 1. The maximum Gasteiger partial charge on any atom is 0.219 e. The van der Waals surface area contributed by atoms with Crippen molar-refractivity contribution in [3.63, 3.8) is 0 Å². The predicted molar refractivity (Wildman–Crippen MR) is 104 cm³/mol. The van der Waals surface area contributed by atoms with Gasteiger partial charge in [0.05, 0.1) is 12.2 Å². The molecule has 4 rings (SSSR count). The number of rotatable bonds is 3. The summed E-state index contributed by atoms with van der Waals surface area (Å²) in [7, 11) is 0. The van der Waals surface area contributed by atoms with Crippen molar-refractivity contribution in [2.75, 3.05) is 32.8 Å². The fraction of sp³-hybridized carbons (Fsp3) is 0.909. The van der Waals surface area contributed by atoms with Crippen LogP contribution in [0, 0.1) is 11.3 Å². The summed E-state index contributed by atoms with van der Waals surface area (Å²) in [6.45, 7) is 8.08. The van der Waals surface area contributed by atoms with Crippen molar-refractivity contribution in [2.24, 2.45) is 11.3 Å². The van der Waals surface area contributed by atoms with Crippen molar-refractivity contribution in [1.29, 1.82) is 0 Å². The second-order valence-corrected chi connectivity index (χ2v) is 9.66. The number of Topliss-reactive ketones (excluding diaryl/α,β-unsaturated/α-hetero) is 1. The minimum atomic E-state index is -0.0968. The summed E-state index contributed by atoms with van der Waals surface area (Å²) in [6, 6.07) is 0.730. The number of carbonyl (C=O) groups excluding carboxylic acids is 2. The summed E-state index contributed by atoms with van der Waals surface area (Å²) >= 11 is 0. The van der Waals surface area contributed by atoms with Crippen LogP contribution >= 0.6 is 0 Å². The molecule has 0 aromatic rings. The molecule has 2 aliphatic carbocycles. The smallest absolute Gasteiger partial charge is 0.219 e. The van der Waals surface area contributed by atoms with Gasteiger partial charge in [0.15, 0.2) is 0 Å². The predicted octanol–water partition coefficient (Wildman–Crippen LogP) is 3.02. The first-order valence-corrected chi connectivity index (χ1v) is 11.1. The van der Waals surface area contributed by atoms with Gasteiger partial charge in [-0.15, -0.1) is 0 Å². The second kappa shape index (κ2) is 7.47. The summed E-state index contributed by atoms with van der Waals surface area (Å²) in [5, 5.41) is 0. The first-order valence-electron chi connectivity index (χ1n) is 11.1. The highest BCUT2D eigenvalue weighted by molar-refractivity contribution is 5.80. The molecule has 4 fully saturated rings. The van der Waals surface area contributed by atoms with Crippen LogP contribution in [0.3, 0.4) is 0 Å². The molecule has 2 saturated heterocycles. The van der Waals surface area contributed by atoms with Gasteiger partial charge < -0.3 is 14.5 Å². The molecule has 4 aliphatic rings. The molecular weight excluding hydrogens is 340 g/mol. The van der Waals surface area contributed by atoms with E-state index in [1.54, 1.807) is 6.92 Å². The maximum atomic E-state index is 12.0. The Kier molecular flexibility index (Phi) is 5.36. The molecule has 1 amide bonds. The number of morpholine rings is 1. The molecule has 5 heteroatoms. The second-order valence-electron chi connectivity index (χ2n) is 9.66. The topological polar surface area (TPSA) is 49.9 Å².